The van der Waals surface area contributed by atoms with E-state index in [-0.39, 0.29) is 11.9 Å². The molecular formula is C14H17N5O. The Kier molecular flexibility index (Phi) is 3.47. The first-order chi connectivity index (χ1) is 9.74. The number of benzene rings is 1. The van der Waals surface area contributed by atoms with Crippen molar-refractivity contribution in [3.8, 4) is 5.69 Å². The molecule has 2 aromatic rings. The molecule has 1 aliphatic rings. The summed E-state index contributed by atoms with van der Waals surface area (Å²) in [6, 6.07) is 7.63. The van der Waals surface area contributed by atoms with Gasteiger partial charge in [-0.15, -0.1) is 0 Å². The quantitative estimate of drug-likeness (QED) is 0.877. The number of piperidine rings is 1. The number of amides is 1. The second-order valence-corrected chi connectivity index (χ2v) is 5.02. The van der Waals surface area contributed by atoms with Gasteiger partial charge in [-0.05, 0) is 37.1 Å². The van der Waals surface area contributed by atoms with Crippen LogP contribution in [0, 0.1) is 0 Å². The van der Waals surface area contributed by atoms with E-state index < -0.39 is 0 Å². The summed E-state index contributed by atoms with van der Waals surface area (Å²) in [5, 5.41) is 4.06. The summed E-state index contributed by atoms with van der Waals surface area (Å²) in [6.45, 7) is 1.48. The van der Waals surface area contributed by atoms with E-state index in [2.05, 4.69) is 10.1 Å². The smallest absolute Gasteiger partial charge is 0.253 e. The lowest BCUT2D eigenvalue weighted by Gasteiger charge is -2.30. The number of likely N-dealkylation sites (tertiary alicyclic amines) is 1. The highest BCUT2D eigenvalue weighted by atomic mass is 16.2. The van der Waals surface area contributed by atoms with Crippen LogP contribution in [0.3, 0.4) is 0 Å². The minimum Gasteiger partial charge on any atom is -0.339 e. The SMILES string of the molecule is NC1CCN(C(=O)c2ccc(-n3cncn3)cc2)CC1. The predicted molar refractivity (Wildman–Crippen MR) is 74.5 cm³/mol. The van der Waals surface area contributed by atoms with Crippen LogP contribution in [0.5, 0.6) is 0 Å². The van der Waals surface area contributed by atoms with Crippen molar-refractivity contribution in [1.29, 1.82) is 0 Å². The van der Waals surface area contributed by atoms with Crippen LogP contribution < -0.4 is 5.73 Å². The summed E-state index contributed by atoms with van der Waals surface area (Å²) in [6.07, 6.45) is 4.87. The molecule has 6 nitrogen and oxygen atoms in total. The van der Waals surface area contributed by atoms with Crippen LogP contribution in [0.1, 0.15) is 23.2 Å². The number of rotatable bonds is 2. The molecule has 1 aromatic heterocycles. The largest absolute Gasteiger partial charge is 0.339 e. The fraction of sp³-hybridized carbons (Fsp3) is 0.357. The van der Waals surface area contributed by atoms with Crippen LogP contribution in [0.4, 0.5) is 0 Å². The number of carbonyl (C=O) groups excluding carboxylic acids is 1. The lowest BCUT2D eigenvalue weighted by atomic mass is 10.0. The maximum absolute atomic E-state index is 12.4. The Morgan fingerprint density at radius 1 is 1.20 bits per heavy atom. The highest BCUT2D eigenvalue weighted by molar-refractivity contribution is 5.94. The first kappa shape index (κ1) is 12.8. The maximum Gasteiger partial charge on any atom is 0.253 e. The summed E-state index contributed by atoms with van der Waals surface area (Å²) < 4.78 is 1.66. The third-order valence-corrected chi connectivity index (χ3v) is 3.62. The predicted octanol–water partition coefficient (Wildman–Crippen LogP) is 0.831. The Bertz CT molecular complexity index is 570. The molecule has 0 saturated carbocycles. The monoisotopic (exact) mass is 271 g/mol. The minimum absolute atomic E-state index is 0.0713. The summed E-state index contributed by atoms with van der Waals surface area (Å²) in [4.78, 5) is 18.1. The van der Waals surface area contributed by atoms with Crippen molar-refractivity contribution in [2.24, 2.45) is 5.73 Å². The van der Waals surface area contributed by atoms with Gasteiger partial charge in [-0.1, -0.05) is 0 Å². The highest BCUT2D eigenvalue weighted by Crippen LogP contribution is 2.14. The molecule has 1 amide bonds. The van der Waals surface area contributed by atoms with Crippen molar-refractivity contribution in [3.63, 3.8) is 0 Å². The number of hydrogen-bond acceptors (Lipinski definition) is 4. The molecular weight excluding hydrogens is 254 g/mol. The van der Waals surface area contributed by atoms with Crippen molar-refractivity contribution in [2.75, 3.05) is 13.1 Å². The van der Waals surface area contributed by atoms with Gasteiger partial charge in [0, 0.05) is 24.7 Å². The number of nitrogens with zero attached hydrogens (tertiary/aromatic N) is 4. The summed E-state index contributed by atoms with van der Waals surface area (Å²) >= 11 is 0. The van der Waals surface area contributed by atoms with Crippen LogP contribution >= 0.6 is 0 Å². The van der Waals surface area contributed by atoms with Crippen molar-refractivity contribution in [3.05, 3.63) is 42.5 Å². The third kappa shape index (κ3) is 2.55. The van der Waals surface area contributed by atoms with E-state index in [0.29, 0.717) is 5.56 Å². The fourth-order valence-corrected chi connectivity index (χ4v) is 2.38. The average Bonchev–Trinajstić information content (AvgIpc) is 3.02. The molecule has 0 spiro atoms. The van der Waals surface area contributed by atoms with Gasteiger partial charge >= 0.3 is 0 Å². The molecule has 2 N–H and O–H groups in total. The van der Waals surface area contributed by atoms with Gasteiger partial charge in [-0.2, -0.15) is 5.10 Å². The number of carbonyl (C=O) groups is 1. The molecule has 0 bridgehead atoms. The number of hydrogen-bond donors (Lipinski definition) is 1. The fourth-order valence-electron chi connectivity index (χ4n) is 2.38. The normalized spacial score (nSPS) is 16.4. The van der Waals surface area contributed by atoms with Crippen molar-refractivity contribution < 1.29 is 4.79 Å². The van der Waals surface area contributed by atoms with Gasteiger partial charge in [-0.25, -0.2) is 9.67 Å². The van der Waals surface area contributed by atoms with Crippen LogP contribution in [0.2, 0.25) is 0 Å². The molecule has 0 radical (unpaired) electrons. The van der Waals surface area contributed by atoms with Crippen LogP contribution in [0.15, 0.2) is 36.9 Å². The van der Waals surface area contributed by atoms with Gasteiger partial charge in [0.1, 0.15) is 12.7 Å². The van der Waals surface area contributed by atoms with Gasteiger partial charge < -0.3 is 10.6 Å². The summed E-state index contributed by atoms with van der Waals surface area (Å²) in [7, 11) is 0. The molecule has 2 heterocycles. The minimum atomic E-state index is 0.0713. The number of nitrogens with two attached hydrogens (primary N) is 1. The zero-order valence-electron chi connectivity index (χ0n) is 11.1. The summed E-state index contributed by atoms with van der Waals surface area (Å²) in [5.74, 6) is 0.0713. The Morgan fingerprint density at radius 2 is 1.90 bits per heavy atom. The molecule has 3 rings (SSSR count). The first-order valence-electron chi connectivity index (χ1n) is 6.74. The van der Waals surface area contributed by atoms with Gasteiger partial charge in [0.2, 0.25) is 0 Å². The van der Waals surface area contributed by atoms with Crippen LogP contribution in [-0.2, 0) is 0 Å². The molecule has 20 heavy (non-hydrogen) atoms. The maximum atomic E-state index is 12.4. The van der Waals surface area contributed by atoms with E-state index >= 15 is 0 Å². The van der Waals surface area contributed by atoms with Crippen molar-refractivity contribution >= 4 is 5.91 Å². The second-order valence-electron chi connectivity index (χ2n) is 5.02. The molecule has 6 heteroatoms. The van der Waals surface area contributed by atoms with E-state index in [1.54, 1.807) is 11.0 Å². The zero-order valence-corrected chi connectivity index (χ0v) is 11.1. The van der Waals surface area contributed by atoms with E-state index in [4.69, 9.17) is 5.73 Å². The first-order valence-corrected chi connectivity index (χ1v) is 6.74. The van der Waals surface area contributed by atoms with Crippen LogP contribution in [0.25, 0.3) is 5.69 Å². The van der Waals surface area contributed by atoms with Crippen molar-refractivity contribution in [2.45, 2.75) is 18.9 Å². The summed E-state index contributed by atoms with van der Waals surface area (Å²) in [5.41, 5.74) is 7.44. The molecule has 104 valence electrons. The Morgan fingerprint density at radius 3 is 2.50 bits per heavy atom. The third-order valence-electron chi connectivity index (χ3n) is 3.62. The Hall–Kier alpha value is -2.21. The molecule has 1 fully saturated rings. The second kappa shape index (κ2) is 5.42. The average molecular weight is 271 g/mol. The molecule has 1 aromatic carbocycles. The van der Waals surface area contributed by atoms with Gasteiger partial charge in [0.05, 0.1) is 5.69 Å². The van der Waals surface area contributed by atoms with E-state index in [9.17, 15) is 4.79 Å². The Labute approximate surface area is 117 Å². The molecule has 1 aliphatic heterocycles. The zero-order chi connectivity index (χ0) is 13.9. The van der Waals surface area contributed by atoms with E-state index in [1.807, 2.05) is 29.2 Å². The van der Waals surface area contributed by atoms with E-state index in [1.165, 1.54) is 6.33 Å². The van der Waals surface area contributed by atoms with Crippen LogP contribution in [-0.4, -0.2) is 44.7 Å². The lowest BCUT2D eigenvalue weighted by molar-refractivity contribution is 0.0715. The molecule has 0 aliphatic carbocycles. The van der Waals surface area contributed by atoms with Gasteiger partial charge in [0.15, 0.2) is 0 Å². The molecule has 0 atom stereocenters. The number of aromatic nitrogens is 3. The van der Waals surface area contributed by atoms with E-state index in [0.717, 1.165) is 31.6 Å². The highest BCUT2D eigenvalue weighted by Gasteiger charge is 2.21. The van der Waals surface area contributed by atoms with Gasteiger partial charge in [0.25, 0.3) is 5.91 Å². The Balaban J connectivity index is 1.73. The standard InChI is InChI=1S/C14H17N5O/c15-12-5-7-18(8-6-12)14(20)11-1-3-13(4-2-11)19-10-16-9-17-19/h1-4,9-10,12H,5-8,15H2. The molecule has 1 saturated heterocycles. The molecule has 0 unspecified atom stereocenters. The lowest BCUT2D eigenvalue weighted by Crippen LogP contribution is -2.42. The van der Waals surface area contributed by atoms with Gasteiger partial charge in [-0.3, -0.25) is 4.79 Å². The van der Waals surface area contributed by atoms with Crippen molar-refractivity contribution in [1.82, 2.24) is 19.7 Å². The topological polar surface area (TPSA) is 77.0 Å².